The number of imide groups is 1. The molecule has 2 amide bonds. The second kappa shape index (κ2) is 7.43. The molecule has 0 radical (unpaired) electrons. The third-order valence-corrected chi connectivity index (χ3v) is 6.04. The monoisotopic (exact) mass is 428 g/mol. The molecule has 0 spiro atoms. The van der Waals surface area contributed by atoms with Crippen molar-refractivity contribution in [2.24, 2.45) is 0 Å². The lowest BCUT2D eigenvalue weighted by molar-refractivity contribution is -0.120. The quantitative estimate of drug-likeness (QED) is 0.537. The molecule has 0 fully saturated rings. The van der Waals surface area contributed by atoms with Crippen molar-refractivity contribution in [2.75, 3.05) is 10.2 Å². The number of rotatable bonds is 4. The van der Waals surface area contributed by atoms with Crippen LogP contribution in [-0.4, -0.2) is 11.8 Å². The smallest absolute Gasteiger partial charge is 0.282 e. The Bertz CT molecular complexity index is 1120. The molecule has 0 unspecified atom stereocenters. The van der Waals surface area contributed by atoms with Gasteiger partial charge in [-0.3, -0.25) is 9.59 Å². The van der Waals surface area contributed by atoms with Crippen LogP contribution in [0.2, 0.25) is 10.0 Å². The fourth-order valence-electron chi connectivity index (χ4n) is 3.00. The highest BCUT2D eigenvalue weighted by molar-refractivity contribution is 7.11. The van der Waals surface area contributed by atoms with Crippen LogP contribution in [-0.2, 0) is 9.59 Å². The van der Waals surface area contributed by atoms with Gasteiger partial charge in [-0.2, -0.15) is 0 Å². The summed E-state index contributed by atoms with van der Waals surface area (Å²) < 4.78 is 0. The van der Waals surface area contributed by atoms with E-state index in [1.165, 1.54) is 17.4 Å². The Hall–Kier alpha value is -2.60. The van der Waals surface area contributed by atoms with Crippen molar-refractivity contribution in [3.05, 3.63) is 86.2 Å². The molecule has 0 bridgehead atoms. The van der Waals surface area contributed by atoms with E-state index in [0.29, 0.717) is 16.3 Å². The predicted octanol–water partition coefficient (Wildman–Crippen LogP) is 5.76. The number of benzene rings is 2. The summed E-state index contributed by atoms with van der Waals surface area (Å²) in [5.41, 5.74) is 2.69. The van der Waals surface area contributed by atoms with E-state index in [2.05, 4.69) is 5.32 Å². The first kappa shape index (κ1) is 18.7. The highest BCUT2D eigenvalue weighted by atomic mass is 35.5. The summed E-state index contributed by atoms with van der Waals surface area (Å²) in [5, 5.41) is 5.67. The molecular formula is C21H14Cl2N2O2S. The van der Waals surface area contributed by atoms with Crippen LogP contribution < -0.4 is 10.2 Å². The number of thiophene rings is 1. The first-order chi connectivity index (χ1) is 13.5. The Kier molecular flexibility index (Phi) is 4.98. The first-order valence-corrected chi connectivity index (χ1v) is 10.1. The van der Waals surface area contributed by atoms with Gasteiger partial charge in [0.25, 0.3) is 11.8 Å². The third kappa shape index (κ3) is 3.22. The molecule has 0 saturated carbocycles. The fraction of sp³-hybridized carbons (Fsp3) is 0.0476. The highest BCUT2D eigenvalue weighted by Crippen LogP contribution is 2.37. The average molecular weight is 429 g/mol. The molecule has 7 heteroatoms. The van der Waals surface area contributed by atoms with Crippen LogP contribution in [0.15, 0.2) is 65.7 Å². The van der Waals surface area contributed by atoms with Crippen molar-refractivity contribution in [3.63, 3.8) is 0 Å². The normalized spacial score (nSPS) is 14.2. The summed E-state index contributed by atoms with van der Waals surface area (Å²) in [7, 11) is 0. The van der Waals surface area contributed by atoms with E-state index in [9.17, 15) is 9.59 Å². The van der Waals surface area contributed by atoms with Crippen LogP contribution in [0.4, 0.5) is 11.4 Å². The van der Waals surface area contributed by atoms with Crippen LogP contribution in [0.1, 0.15) is 10.4 Å². The minimum absolute atomic E-state index is 0.243. The Balaban J connectivity index is 1.82. The second-order valence-corrected chi connectivity index (χ2v) is 7.97. The highest BCUT2D eigenvalue weighted by Gasteiger charge is 2.41. The fourth-order valence-corrected chi connectivity index (χ4v) is 4.06. The Morgan fingerprint density at radius 1 is 0.929 bits per heavy atom. The lowest BCUT2D eigenvalue weighted by atomic mass is 10.1. The number of para-hydroxylation sites is 1. The molecule has 0 saturated heterocycles. The number of carbonyl (C=O) groups excluding carboxylic acids is 2. The largest absolute Gasteiger partial charge is 0.350 e. The van der Waals surface area contributed by atoms with Gasteiger partial charge >= 0.3 is 0 Å². The molecule has 2 heterocycles. The van der Waals surface area contributed by atoms with E-state index in [-0.39, 0.29) is 10.7 Å². The van der Waals surface area contributed by atoms with Crippen molar-refractivity contribution in [1.82, 2.24) is 0 Å². The van der Waals surface area contributed by atoms with Crippen LogP contribution in [0, 0.1) is 6.92 Å². The molecule has 4 nitrogen and oxygen atoms in total. The van der Waals surface area contributed by atoms with Crippen molar-refractivity contribution < 1.29 is 9.59 Å². The van der Waals surface area contributed by atoms with E-state index < -0.39 is 11.8 Å². The number of halogens is 2. The lowest BCUT2D eigenvalue weighted by Gasteiger charge is -2.16. The van der Waals surface area contributed by atoms with Gasteiger partial charge in [-0.15, -0.1) is 11.3 Å². The predicted molar refractivity (Wildman–Crippen MR) is 115 cm³/mol. The number of hydrogen-bond donors (Lipinski definition) is 1. The molecule has 1 N–H and O–H groups in total. The van der Waals surface area contributed by atoms with Gasteiger partial charge in [0.2, 0.25) is 0 Å². The Labute approximate surface area is 176 Å². The number of amides is 2. The van der Waals surface area contributed by atoms with Crippen molar-refractivity contribution in [3.8, 4) is 0 Å². The number of nitrogens with one attached hydrogen (secondary N) is 1. The standard InChI is InChI=1S/C21H14Cl2N2O2S/c1-12-5-2-3-6-16(12)24-19-18(17-7-4-10-28-17)20(26)25(21(19)27)13-8-9-14(22)15(23)11-13/h2-11,24H,1H3. The number of nitrogens with zero attached hydrogens (tertiary/aromatic N) is 1. The Morgan fingerprint density at radius 3 is 2.39 bits per heavy atom. The van der Waals surface area contributed by atoms with E-state index in [4.69, 9.17) is 23.2 Å². The molecule has 1 aliphatic rings. The van der Waals surface area contributed by atoms with Crippen molar-refractivity contribution >= 4 is 63.3 Å². The van der Waals surface area contributed by atoms with Gasteiger partial charge in [0.15, 0.2) is 0 Å². The number of anilines is 2. The van der Waals surface area contributed by atoms with Gasteiger partial charge in [0.05, 0.1) is 21.3 Å². The van der Waals surface area contributed by atoms with Gasteiger partial charge in [-0.1, -0.05) is 47.5 Å². The summed E-state index contributed by atoms with van der Waals surface area (Å²) in [6.07, 6.45) is 0. The molecule has 3 aromatic rings. The zero-order chi connectivity index (χ0) is 19.8. The lowest BCUT2D eigenvalue weighted by Crippen LogP contribution is -2.32. The summed E-state index contributed by atoms with van der Waals surface area (Å²) in [4.78, 5) is 28.3. The zero-order valence-electron chi connectivity index (χ0n) is 14.7. The minimum atomic E-state index is -0.435. The molecule has 1 aliphatic heterocycles. The van der Waals surface area contributed by atoms with Gasteiger partial charge in [0, 0.05) is 10.6 Å². The number of hydrogen-bond acceptors (Lipinski definition) is 4. The van der Waals surface area contributed by atoms with Crippen molar-refractivity contribution in [1.29, 1.82) is 0 Å². The van der Waals surface area contributed by atoms with Crippen molar-refractivity contribution in [2.45, 2.75) is 6.92 Å². The average Bonchev–Trinajstić information content (AvgIpc) is 3.27. The summed E-state index contributed by atoms with van der Waals surface area (Å²) in [6.45, 7) is 1.94. The molecule has 140 valence electrons. The van der Waals surface area contributed by atoms with Crippen LogP contribution in [0.5, 0.6) is 0 Å². The topological polar surface area (TPSA) is 49.4 Å². The number of aryl methyl sites for hydroxylation is 1. The summed E-state index contributed by atoms with van der Waals surface area (Å²) >= 11 is 13.5. The second-order valence-electron chi connectivity index (χ2n) is 6.21. The van der Waals surface area contributed by atoms with Crippen LogP contribution in [0.25, 0.3) is 5.57 Å². The summed E-state index contributed by atoms with van der Waals surface area (Å²) in [5.74, 6) is -0.836. The van der Waals surface area contributed by atoms with Gasteiger partial charge in [-0.25, -0.2) is 4.90 Å². The SMILES string of the molecule is Cc1ccccc1NC1=C(c2cccs2)C(=O)N(c2ccc(Cl)c(Cl)c2)C1=O. The summed E-state index contributed by atoms with van der Waals surface area (Å²) in [6, 6.07) is 15.9. The van der Waals surface area contributed by atoms with E-state index in [1.54, 1.807) is 12.1 Å². The van der Waals surface area contributed by atoms with E-state index in [0.717, 1.165) is 21.0 Å². The maximum absolute atomic E-state index is 13.2. The first-order valence-electron chi connectivity index (χ1n) is 8.42. The molecule has 4 rings (SSSR count). The minimum Gasteiger partial charge on any atom is -0.350 e. The van der Waals surface area contributed by atoms with E-state index in [1.807, 2.05) is 48.7 Å². The van der Waals surface area contributed by atoms with Crippen LogP contribution in [0.3, 0.4) is 0 Å². The number of carbonyl (C=O) groups is 2. The van der Waals surface area contributed by atoms with Gasteiger partial charge in [-0.05, 0) is 48.2 Å². The van der Waals surface area contributed by atoms with Gasteiger partial charge in [0.1, 0.15) is 5.70 Å². The maximum Gasteiger partial charge on any atom is 0.282 e. The van der Waals surface area contributed by atoms with Gasteiger partial charge < -0.3 is 5.32 Å². The molecule has 1 aromatic heterocycles. The Morgan fingerprint density at radius 2 is 1.71 bits per heavy atom. The molecular weight excluding hydrogens is 415 g/mol. The molecule has 0 aliphatic carbocycles. The van der Waals surface area contributed by atoms with Crippen LogP contribution >= 0.6 is 34.5 Å². The maximum atomic E-state index is 13.2. The molecule has 2 aromatic carbocycles. The third-order valence-electron chi connectivity index (χ3n) is 4.42. The molecule has 0 atom stereocenters. The molecule has 28 heavy (non-hydrogen) atoms. The zero-order valence-corrected chi connectivity index (χ0v) is 17.0. The van der Waals surface area contributed by atoms with E-state index >= 15 is 0 Å².